The van der Waals surface area contributed by atoms with Crippen molar-refractivity contribution in [2.75, 3.05) is 0 Å². The largest absolute Gasteiger partial charge is 0.0649 e. The van der Waals surface area contributed by atoms with Crippen LogP contribution in [0.3, 0.4) is 0 Å². The molecule has 0 aromatic heterocycles. The van der Waals surface area contributed by atoms with Crippen LogP contribution in [-0.4, -0.2) is 0 Å². The molecule has 0 spiro atoms. The SMILES string of the molecule is CCC(C)(C)C.CCC(C)(C)C.c1ccccc1. The zero-order valence-electron chi connectivity index (χ0n) is 13.9. The predicted octanol–water partition coefficient (Wildman–Crippen LogP) is 6.57. The Morgan fingerprint density at radius 3 is 0.667 bits per heavy atom. The Labute approximate surface area is 116 Å². The lowest BCUT2D eigenvalue weighted by Crippen LogP contribution is -2.00. The van der Waals surface area contributed by atoms with Crippen LogP contribution in [0, 0.1) is 10.8 Å². The molecule has 0 bridgehead atoms. The van der Waals surface area contributed by atoms with Crippen LogP contribution in [0.25, 0.3) is 0 Å². The number of benzene rings is 1. The van der Waals surface area contributed by atoms with Crippen LogP contribution in [0.2, 0.25) is 0 Å². The van der Waals surface area contributed by atoms with Gasteiger partial charge in [0.15, 0.2) is 0 Å². The number of hydrogen-bond donors (Lipinski definition) is 0. The van der Waals surface area contributed by atoms with Gasteiger partial charge in [0.2, 0.25) is 0 Å². The van der Waals surface area contributed by atoms with Crippen LogP contribution in [0.1, 0.15) is 68.2 Å². The second-order valence-corrected chi connectivity index (χ2v) is 6.98. The molecule has 0 fully saturated rings. The Morgan fingerprint density at radius 2 is 0.611 bits per heavy atom. The second kappa shape index (κ2) is 10.2. The highest BCUT2D eigenvalue weighted by molar-refractivity contribution is 4.99. The van der Waals surface area contributed by atoms with Crippen molar-refractivity contribution in [3.63, 3.8) is 0 Å². The number of hydrogen-bond acceptors (Lipinski definition) is 0. The van der Waals surface area contributed by atoms with Crippen LogP contribution in [0.5, 0.6) is 0 Å². The summed E-state index contributed by atoms with van der Waals surface area (Å²) in [4.78, 5) is 0. The normalized spacial score (nSPS) is 10.7. The van der Waals surface area contributed by atoms with Crippen LogP contribution >= 0.6 is 0 Å². The van der Waals surface area contributed by atoms with Crippen molar-refractivity contribution in [2.45, 2.75) is 68.2 Å². The first-order chi connectivity index (χ1) is 8.12. The molecule has 0 saturated heterocycles. The maximum absolute atomic E-state index is 2.24. The van der Waals surface area contributed by atoms with Gasteiger partial charge in [-0.3, -0.25) is 0 Å². The Bertz CT molecular complexity index is 205. The standard InChI is InChI=1S/C6H6.2C6H14/c1-2-4-6-5-3-1;2*1-5-6(2,3)4/h1-6H;2*5H2,1-4H3. The topological polar surface area (TPSA) is 0 Å². The van der Waals surface area contributed by atoms with E-state index in [2.05, 4.69) is 55.4 Å². The average molecular weight is 250 g/mol. The van der Waals surface area contributed by atoms with Crippen molar-refractivity contribution in [1.82, 2.24) is 0 Å². The highest BCUT2D eigenvalue weighted by Crippen LogP contribution is 2.16. The molecule has 0 aliphatic heterocycles. The molecule has 1 aromatic carbocycles. The summed E-state index contributed by atoms with van der Waals surface area (Å²) in [5.74, 6) is 0. The molecule has 0 saturated carbocycles. The third-order valence-corrected chi connectivity index (χ3v) is 2.79. The van der Waals surface area contributed by atoms with Gasteiger partial charge in [0.1, 0.15) is 0 Å². The van der Waals surface area contributed by atoms with E-state index in [9.17, 15) is 0 Å². The van der Waals surface area contributed by atoms with Crippen LogP contribution < -0.4 is 0 Å². The molecule has 0 atom stereocenters. The summed E-state index contributed by atoms with van der Waals surface area (Å²) < 4.78 is 0. The van der Waals surface area contributed by atoms with Crippen molar-refractivity contribution < 1.29 is 0 Å². The first-order valence-electron chi connectivity index (χ1n) is 7.12. The maximum Gasteiger partial charge on any atom is -0.0385 e. The lowest BCUT2D eigenvalue weighted by Gasteiger charge is -2.12. The molecule has 0 radical (unpaired) electrons. The molecule has 18 heavy (non-hydrogen) atoms. The zero-order valence-corrected chi connectivity index (χ0v) is 13.9. The van der Waals surface area contributed by atoms with Gasteiger partial charge in [0.05, 0.1) is 0 Å². The van der Waals surface area contributed by atoms with Gasteiger partial charge in [-0.05, 0) is 10.8 Å². The molecule has 0 aliphatic rings. The molecule has 0 heteroatoms. The second-order valence-electron chi connectivity index (χ2n) is 6.98. The fourth-order valence-electron chi connectivity index (χ4n) is 0.385. The van der Waals surface area contributed by atoms with Gasteiger partial charge in [0, 0.05) is 0 Å². The van der Waals surface area contributed by atoms with Crippen LogP contribution in [-0.2, 0) is 0 Å². The van der Waals surface area contributed by atoms with Crippen molar-refractivity contribution in [3.05, 3.63) is 36.4 Å². The van der Waals surface area contributed by atoms with E-state index in [0.717, 1.165) is 0 Å². The highest BCUT2D eigenvalue weighted by atomic mass is 14.1. The van der Waals surface area contributed by atoms with E-state index in [-0.39, 0.29) is 0 Å². The molecule has 0 amide bonds. The molecule has 0 nitrogen and oxygen atoms in total. The molecule has 0 heterocycles. The van der Waals surface area contributed by atoms with E-state index in [1.807, 2.05) is 36.4 Å². The summed E-state index contributed by atoms with van der Waals surface area (Å²) in [5, 5.41) is 0. The fraction of sp³-hybridized carbons (Fsp3) is 0.667. The first-order valence-corrected chi connectivity index (χ1v) is 7.12. The summed E-state index contributed by atoms with van der Waals surface area (Å²) in [6.45, 7) is 17.9. The smallest absolute Gasteiger partial charge is 0.0385 e. The van der Waals surface area contributed by atoms with Gasteiger partial charge in [-0.15, -0.1) is 0 Å². The van der Waals surface area contributed by atoms with Crippen LogP contribution in [0.4, 0.5) is 0 Å². The Hall–Kier alpha value is -0.780. The lowest BCUT2D eigenvalue weighted by atomic mass is 9.94. The molecule has 1 rings (SSSR count). The molecule has 1 aromatic rings. The highest BCUT2D eigenvalue weighted by Gasteiger charge is 2.03. The van der Waals surface area contributed by atoms with Crippen molar-refractivity contribution >= 4 is 0 Å². The average Bonchev–Trinajstić information content (AvgIpc) is 2.31. The van der Waals surface area contributed by atoms with Crippen molar-refractivity contribution in [2.24, 2.45) is 10.8 Å². The third-order valence-electron chi connectivity index (χ3n) is 2.79. The lowest BCUT2D eigenvalue weighted by molar-refractivity contribution is 0.397. The Balaban J connectivity index is 0. The minimum Gasteiger partial charge on any atom is -0.0649 e. The van der Waals surface area contributed by atoms with Gasteiger partial charge < -0.3 is 0 Å². The van der Waals surface area contributed by atoms with E-state index in [1.165, 1.54) is 12.8 Å². The summed E-state index contributed by atoms with van der Waals surface area (Å²) in [6.07, 6.45) is 2.54. The van der Waals surface area contributed by atoms with E-state index >= 15 is 0 Å². The molecule has 0 N–H and O–H groups in total. The maximum atomic E-state index is 2.24. The van der Waals surface area contributed by atoms with Crippen molar-refractivity contribution in [1.29, 1.82) is 0 Å². The summed E-state index contributed by atoms with van der Waals surface area (Å²) in [5.41, 5.74) is 1.08. The Morgan fingerprint density at radius 1 is 0.500 bits per heavy atom. The van der Waals surface area contributed by atoms with Gasteiger partial charge in [-0.2, -0.15) is 0 Å². The van der Waals surface area contributed by atoms with Gasteiger partial charge in [-0.1, -0.05) is 105 Å². The summed E-state index contributed by atoms with van der Waals surface area (Å²) >= 11 is 0. The van der Waals surface area contributed by atoms with Crippen molar-refractivity contribution in [3.8, 4) is 0 Å². The predicted molar refractivity (Wildman–Crippen MR) is 85.9 cm³/mol. The molecular formula is C18H34. The van der Waals surface area contributed by atoms with E-state index in [1.54, 1.807) is 0 Å². The quantitative estimate of drug-likeness (QED) is 0.488. The van der Waals surface area contributed by atoms with E-state index < -0.39 is 0 Å². The van der Waals surface area contributed by atoms with E-state index in [0.29, 0.717) is 10.8 Å². The Kier molecular flexibility index (Phi) is 11.1. The van der Waals surface area contributed by atoms with Crippen LogP contribution in [0.15, 0.2) is 36.4 Å². The van der Waals surface area contributed by atoms with Gasteiger partial charge >= 0.3 is 0 Å². The first kappa shape index (κ1) is 19.6. The molecule has 106 valence electrons. The summed E-state index contributed by atoms with van der Waals surface area (Å²) in [6, 6.07) is 12.0. The van der Waals surface area contributed by atoms with E-state index in [4.69, 9.17) is 0 Å². The minimum atomic E-state index is 0.542. The monoisotopic (exact) mass is 250 g/mol. The van der Waals surface area contributed by atoms with Gasteiger partial charge in [0.25, 0.3) is 0 Å². The molecular weight excluding hydrogens is 216 g/mol. The molecule has 0 unspecified atom stereocenters. The third kappa shape index (κ3) is 24.4. The molecule has 0 aliphatic carbocycles. The number of rotatable bonds is 0. The zero-order chi connectivity index (χ0) is 14.7. The summed E-state index contributed by atoms with van der Waals surface area (Å²) in [7, 11) is 0. The van der Waals surface area contributed by atoms with Gasteiger partial charge in [-0.25, -0.2) is 0 Å². The minimum absolute atomic E-state index is 0.542. The fourth-order valence-corrected chi connectivity index (χ4v) is 0.385.